The third kappa shape index (κ3) is 5.24. The molecule has 0 spiro atoms. The fourth-order valence-electron chi connectivity index (χ4n) is 5.20. The summed E-state index contributed by atoms with van der Waals surface area (Å²) in [6.45, 7) is 4.38. The second kappa shape index (κ2) is 9.72. The summed E-state index contributed by atoms with van der Waals surface area (Å²) in [5, 5.41) is 14.9. The predicted molar refractivity (Wildman–Crippen MR) is 120 cm³/mol. The molecule has 3 amide bonds. The van der Waals surface area contributed by atoms with E-state index in [1.54, 1.807) is 17.0 Å². The molecule has 4 rings (SSSR count). The van der Waals surface area contributed by atoms with Gasteiger partial charge in [-0.25, -0.2) is 4.79 Å². The number of alkyl halides is 3. The van der Waals surface area contributed by atoms with Crippen LogP contribution in [0.15, 0.2) is 18.2 Å². The number of nitrogens with zero attached hydrogens (tertiary/aromatic N) is 3. The van der Waals surface area contributed by atoms with Crippen molar-refractivity contribution in [1.82, 2.24) is 15.5 Å². The number of likely N-dealkylation sites (tertiary alicyclic amines) is 1. The van der Waals surface area contributed by atoms with Gasteiger partial charge in [-0.05, 0) is 62.6 Å². The molecule has 3 aliphatic rings. The molecule has 2 atom stereocenters. The van der Waals surface area contributed by atoms with Gasteiger partial charge in [0.1, 0.15) is 0 Å². The van der Waals surface area contributed by atoms with Gasteiger partial charge >= 0.3 is 12.2 Å². The Labute approximate surface area is 197 Å². The van der Waals surface area contributed by atoms with Gasteiger partial charge in [-0.3, -0.25) is 4.79 Å². The van der Waals surface area contributed by atoms with Crippen LogP contribution in [0.3, 0.4) is 0 Å². The van der Waals surface area contributed by atoms with Crippen LogP contribution in [-0.4, -0.2) is 55.6 Å². The van der Waals surface area contributed by atoms with Crippen molar-refractivity contribution < 1.29 is 22.8 Å². The number of amides is 3. The number of carbonyl (C=O) groups is 2. The van der Waals surface area contributed by atoms with Crippen molar-refractivity contribution in [2.45, 2.75) is 44.8 Å². The Bertz CT molecular complexity index is 964. The first-order valence-electron chi connectivity index (χ1n) is 11.9. The lowest BCUT2D eigenvalue weighted by molar-refractivity contribution is -0.137. The molecule has 3 fully saturated rings. The summed E-state index contributed by atoms with van der Waals surface area (Å²) in [6.07, 6.45) is -1.16. The zero-order valence-electron chi connectivity index (χ0n) is 19.2. The Morgan fingerprint density at radius 3 is 2.44 bits per heavy atom. The van der Waals surface area contributed by atoms with Gasteiger partial charge in [0.05, 0.1) is 23.1 Å². The summed E-state index contributed by atoms with van der Waals surface area (Å²) in [7, 11) is 0. The van der Waals surface area contributed by atoms with E-state index in [2.05, 4.69) is 10.6 Å². The summed E-state index contributed by atoms with van der Waals surface area (Å²) >= 11 is 0. The van der Waals surface area contributed by atoms with Gasteiger partial charge in [0, 0.05) is 44.5 Å². The molecule has 2 heterocycles. The van der Waals surface area contributed by atoms with Crippen molar-refractivity contribution in [2.75, 3.05) is 37.6 Å². The summed E-state index contributed by atoms with van der Waals surface area (Å²) in [5.41, 5.74) is -0.852. The van der Waals surface area contributed by atoms with Gasteiger partial charge < -0.3 is 20.4 Å². The number of benzene rings is 1. The number of piperidine rings is 1. The number of hydrogen-bond donors (Lipinski definition) is 2. The molecule has 1 aromatic carbocycles. The first-order valence-corrected chi connectivity index (χ1v) is 11.9. The molecule has 0 aromatic heterocycles. The highest BCUT2D eigenvalue weighted by Gasteiger charge is 2.45. The van der Waals surface area contributed by atoms with Crippen LogP contribution in [0.5, 0.6) is 0 Å². The molecule has 0 bridgehead atoms. The molecular weight excluding hydrogens is 447 g/mol. The molecule has 2 aliphatic heterocycles. The maximum atomic E-state index is 13.4. The molecule has 0 radical (unpaired) electrons. The molecule has 1 saturated carbocycles. The van der Waals surface area contributed by atoms with Crippen LogP contribution < -0.4 is 15.5 Å². The standard InChI is InChI=1S/C24H30F3N5O2/c1-2-29-23(34)32-13-19(20(14-32)22(33)30-17-4-5-17)15-7-9-31(10-8-15)18-6-3-16(12-28)21(11-18)24(25,26)27/h3,6,11,15,17,19-20H,2,4-5,7-10,13-14H2,1H3,(H,29,34)(H,30,33)/t19-,20+/m0/s1. The third-order valence-electron chi connectivity index (χ3n) is 7.18. The minimum atomic E-state index is -4.59. The van der Waals surface area contributed by atoms with Crippen LogP contribution in [0.2, 0.25) is 0 Å². The molecule has 184 valence electrons. The van der Waals surface area contributed by atoms with Gasteiger partial charge in [0.15, 0.2) is 0 Å². The first kappa shape index (κ1) is 24.2. The van der Waals surface area contributed by atoms with Crippen LogP contribution >= 0.6 is 0 Å². The van der Waals surface area contributed by atoms with E-state index in [0.717, 1.165) is 31.7 Å². The van der Waals surface area contributed by atoms with Crippen molar-refractivity contribution in [2.24, 2.45) is 17.8 Å². The number of nitrogens with one attached hydrogen (secondary N) is 2. The normalized spacial score (nSPS) is 23.5. The lowest BCUT2D eigenvalue weighted by atomic mass is 9.78. The summed E-state index contributed by atoms with van der Waals surface area (Å²) < 4.78 is 40.1. The average molecular weight is 478 g/mol. The maximum absolute atomic E-state index is 13.4. The zero-order valence-corrected chi connectivity index (χ0v) is 19.2. The highest BCUT2D eigenvalue weighted by Crippen LogP contribution is 2.39. The molecule has 2 saturated heterocycles. The van der Waals surface area contributed by atoms with Crippen molar-refractivity contribution in [1.29, 1.82) is 5.26 Å². The van der Waals surface area contributed by atoms with Gasteiger partial charge in [-0.15, -0.1) is 0 Å². The average Bonchev–Trinajstić information content (AvgIpc) is 3.51. The summed E-state index contributed by atoms with van der Waals surface area (Å²) in [5.74, 6) is -0.0450. The monoisotopic (exact) mass is 477 g/mol. The van der Waals surface area contributed by atoms with E-state index in [-0.39, 0.29) is 41.3 Å². The SMILES string of the molecule is CCNC(=O)N1C[C@@H](C(=O)NC2CC2)[C@H](C2CCN(c3ccc(C#N)c(C(F)(F)F)c3)CC2)C1. The van der Waals surface area contributed by atoms with E-state index < -0.39 is 11.7 Å². The summed E-state index contributed by atoms with van der Waals surface area (Å²) in [6, 6.07) is 5.54. The number of nitriles is 1. The molecule has 0 unspecified atom stereocenters. The Kier molecular flexibility index (Phi) is 6.91. The highest BCUT2D eigenvalue weighted by molar-refractivity contribution is 5.82. The number of anilines is 1. The minimum absolute atomic E-state index is 0.00337. The van der Waals surface area contributed by atoms with Crippen molar-refractivity contribution in [3.8, 4) is 6.07 Å². The van der Waals surface area contributed by atoms with Crippen LogP contribution in [0.1, 0.15) is 43.7 Å². The molecule has 7 nitrogen and oxygen atoms in total. The van der Waals surface area contributed by atoms with Crippen LogP contribution in [0, 0.1) is 29.1 Å². The van der Waals surface area contributed by atoms with Gasteiger partial charge in [-0.2, -0.15) is 18.4 Å². The lowest BCUT2D eigenvalue weighted by Crippen LogP contribution is -2.42. The van der Waals surface area contributed by atoms with E-state index in [1.807, 2.05) is 11.8 Å². The van der Waals surface area contributed by atoms with E-state index in [9.17, 15) is 22.8 Å². The molecule has 34 heavy (non-hydrogen) atoms. The fraction of sp³-hybridized carbons (Fsp3) is 0.625. The van der Waals surface area contributed by atoms with Gasteiger partial charge in [-0.1, -0.05) is 0 Å². The van der Waals surface area contributed by atoms with Crippen molar-refractivity contribution in [3.63, 3.8) is 0 Å². The first-order chi connectivity index (χ1) is 16.2. The molecule has 2 N–H and O–H groups in total. The Balaban J connectivity index is 1.45. The third-order valence-corrected chi connectivity index (χ3v) is 7.18. The Morgan fingerprint density at radius 1 is 1.15 bits per heavy atom. The second-order valence-corrected chi connectivity index (χ2v) is 9.46. The number of halogens is 3. The molecular formula is C24H30F3N5O2. The van der Waals surface area contributed by atoms with Gasteiger partial charge in [0.2, 0.25) is 5.91 Å². The lowest BCUT2D eigenvalue weighted by Gasteiger charge is -2.37. The van der Waals surface area contributed by atoms with E-state index in [4.69, 9.17) is 5.26 Å². The fourth-order valence-corrected chi connectivity index (χ4v) is 5.20. The van der Waals surface area contributed by atoms with E-state index >= 15 is 0 Å². The maximum Gasteiger partial charge on any atom is 0.417 e. The Morgan fingerprint density at radius 2 is 1.85 bits per heavy atom. The van der Waals surface area contributed by atoms with Crippen LogP contribution in [0.4, 0.5) is 23.7 Å². The van der Waals surface area contributed by atoms with Gasteiger partial charge in [0.25, 0.3) is 0 Å². The second-order valence-electron chi connectivity index (χ2n) is 9.46. The number of carbonyl (C=O) groups excluding carboxylic acids is 2. The van der Waals surface area contributed by atoms with Crippen LogP contribution in [0.25, 0.3) is 0 Å². The molecule has 1 aromatic rings. The zero-order chi connectivity index (χ0) is 24.5. The molecule has 10 heteroatoms. The van der Waals surface area contributed by atoms with E-state index in [1.165, 1.54) is 6.07 Å². The number of urea groups is 1. The number of rotatable bonds is 5. The van der Waals surface area contributed by atoms with E-state index in [0.29, 0.717) is 38.4 Å². The topological polar surface area (TPSA) is 88.5 Å². The van der Waals surface area contributed by atoms with Crippen LogP contribution in [-0.2, 0) is 11.0 Å². The number of hydrogen-bond acceptors (Lipinski definition) is 4. The smallest absolute Gasteiger partial charge is 0.372 e. The highest BCUT2D eigenvalue weighted by atomic mass is 19.4. The quantitative estimate of drug-likeness (QED) is 0.681. The minimum Gasteiger partial charge on any atom is -0.372 e. The van der Waals surface area contributed by atoms with Crippen molar-refractivity contribution in [3.05, 3.63) is 29.3 Å². The summed E-state index contributed by atoms with van der Waals surface area (Å²) in [4.78, 5) is 29.0. The largest absolute Gasteiger partial charge is 0.417 e. The Hall–Kier alpha value is -2.96. The molecule has 1 aliphatic carbocycles. The van der Waals surface area contributed by atoms with Crippen molar-refractivity contribution >= 4 is 17.6 Å². The predicted octanol–water partition coefficient (Wildman–Crippen LogP) is 3.35.